The fraction of sp³-hybridized carbons (Fsp3) is 0.750. The summed E-state index contributed by atoms with van der Waals surface area (Å²) in [4.78, 5) is 15.7. The zero-order chi connectivity index (χ0) is 16.1. The number of ether oxygens (including phenoxy) is 1. The molecule has 0 aliphatic carbocycles. The van der Waals surface area contributed by atoms with Crippen LogP contribution in [0.15, 0.2) is 12.4 Å². The standard InChI is InChI=1S/C16H27N5O2/c1-2-14(22)12-19-3-5-20(6-4-19)15-11-16(18-13-17-15)21-7-9-23-10-8-21/h11,13-14,22H,2-10,12H2,1H3. The molecule has 0 aromatic carbocycles. The Morgan fingerprint density at radius 2 is 1.65 bits per heavy atom. The zero-order valence-corrected chi connectivity index (χ0v) is 13.9. The summed E-state index contributed by atoms with van der Waals surface area (Å²) < 4.78 is 5.40. The summed E-state index contributed by atoms with van der Waals surface area (Å²) in [7, 11) is 0. The molecular formula is C16H27N5O2. The van der Waals surface area contributed by atoms with E-state index in [1.54, 1.807) is 6.33 Å². The number of aromatic nitrogens is 2. The third-order valence-electron chi connectivity index (χ3n) is 4.61. The third kappa shape index (κ3) is 4.31. The highest BCUT2D eigenvalue weighted by Gasteiger charge is 2.21. The molecule has 1 aromatic rings. The average molecular weight is 321 g/mol. The van der Waals surface area contributed by atoms with Crippen molar-refractivity contribution in [3.05, 3.63) is 12.4 Å². The summed E-state index contributed by atoms with van der Waals surface area (Å²) >= 11 is 0. The molecule has 128 valence electrons. The summed E-state index contributed by atoms with van der Waals surface area (Å²) in [5.74, 6) is 1.99. The molecule has 7 nitrogen and oxygen atoms in total. The van der Waals surface area contributed by atoms with E-state index in [-0.39, 0.29) is 6.10 Å². The van der Waals surface area contributed by atoms with Gasteiger partial charge in [0.15, 0.2) is 0 Å². The van der Waals surface area contributed by atoms with Crippen molar-refractivity contribution in [2.24, 2.45) is 0 Å². The quantitative estimate of drug-likeness (QED) is 0.831. The molecule has 7 heteroatoms. The number of morpholine rings is 1. The molecule has 3 rings (SSSR count). The highest BCUT2D eigenvalue weighted by molar-refractivity contribution is 5.50. The van der Waals surface area contributed by atoms with Gasteiger partial charge in [0.2, 0.25) is 0 Å². The fourth-order valence-electron chi connectivity index (χ4n) is 3.06. The molecule has 0 bridgehead atoms. The maximum absolute atomic E-state index is 9.78. The van der Waals surface area contributed by atoms with Gasteiger partial charge < -0.3 is 19.6 Å². The Morgan fingerprint density at radius 3 is 2.26 bits per heavy atom. The first-order valence-corrected chi connectivity index (χ1v) is 8.56. The normalized spacial score (nSPS) is 21.5. The SMILES string of the molecule is CCC(O)CN1CCN(c2cc(N3CCOCC3)ncn2)CC1. The maximum Gasteiger partial charge on any atom is 0.134 e. The average Bonchev–Trinajstić information content (AvgIpc) is 2.63. The van der Waals surface area contributed by atoms with Crippen LogP contribution in [0.5, 0.6) is 0 Å². The van der Waals surface area contributed by atoms with E-state index >= 15 is 0 Å². The van der Waals surface area contributed by atoms with Gasteiger partial charge in [0, 0.05) is 51.9 Å². The minimum Gasteiger partial charge on any atom is -0.392 e. The Labute approximate surface area is 137 Å². The number of piperazine rings is 1. The summed E-state index contributed by atoms with van der Waals surface area (Å²) in [5.41, 5.74) is 0. The van der Waals surface area contributed by atoms with Crippen molar-refractivity contribution in [3.8, 4) is 0 Å². The van der Waals surface area contributed by atoms with Crippen molar-refractivity contribution >= 4 is 11.6 Å². The van der Waals surface area contributed by atoms with E-state index in [2.05, 4.69) is 30.7 Å². The smallest absolute Gasteiger partial charge is 0.134 e. The molecule has 1 unspecified atom stereocenters. The van der Waals surface area contributed by atoms with Crippen LogP contribution >= 0.6 is 0 Å². The second-order valence-corrected chi connectivity index (χ2v) is 6.18. The summed E-state index contributed by atoms with van der Waals surface area (Å²) in [6.45, 7) is 9.91. The van der Waals surface area contributed by atoms with Crippen molar-refractivity contribution in [1.29, 1.82) is 0 Å². The molecular weight excluding hydrogens is 294 g/mol. The van der Waals surface area contributed by atoms with Crippen LogP contribution < -0.4 is 9.80 Å². The van der Waals surface area contributed by atoms with Crippen molar-refractivity contribution in [1.82, 2.24) is 14.9 Å². The number of rotatable bonds is 5. The number of hydrogen-bond donors (Lipinski definition) is 1. The van der Waals surface area contributed by atoms with Crippen molar-refractivity contribution < 1.29 is 9.84 Å². The van der Waals surface area contributed by atoms with E-state index in [9.17, 15) is 5.11 Å². The summed E-state index contributed by atoms with van der Waals surface area (Å²) in [5, 5.41) is 9.78. The van der Waals surface area contributed by atoms with Gasteiger partial charge in [-0.05, 0) is 6.42 Å². The number of β-amino-alcohol motifs (C(OH)–C–C–N with tert-alkyl or cyclic N) is 1. The molecule has 0 spiro atoms. The van der Waals surface area contributed by atoms with Crippen LogP contribution in [0.4, 0.5) is 11.6 Å². The second-order valence-electron chi connectivity index (χ2n) is 6.18. The lowest BCUT2D eigenvalue weighted by Crippen LogP contribution is -2.48. The minimum atomic E-state index is -0.214. The Hall–Kier alpha value is -1.44. The molecule has 2 aliphatic rings. The van der Waals surface area contributed by atoms with Crippen molar-refractivity contribution in [2.75, 3.05) is 68.8 Å². The number of anilines is 2. The molecule has 0 saturated carbocycles. The van der Waals surface area contributed by atoms with Crippen LogP contribution in [-0.2, 0) is 4.74 Å². The maximum atomic E-state index is 9.78. The van der Waals surface area contributed by atoms with E-state index in [4.69, 9.17) is 4.74 Å². The fourth-order valence-corrected chi connectivity index (χ4v) is 3.06. The zero-order valence-electron chi connectivity index (χ0n) is 13.9. The molecule has 1 N–H and O–H groups in total. The van der Waals surface area contributed by atoms with Crippen LogP contribution in [0.2, 0.25) is 0 Å². The number of aliphatic hydroxyl groups is 1. The van der Waals surface area contributed by atoms with E-state index < -0.39 is 0 Å². The molecule has 2 aliphatic heterocycles. The lowest BCUT2D eigenvalue weighted by atomic mass is 10.2. The largest absolute Gasteiger partial charge is 0.392 e. The van der Waals surface area contributed by atoms with Crippen LogP contribution in [0.25, 0.3) is 0 Å². The molecule has 0 radical (unpaired) electrons. The van der Waals surface area contributed by atoms with Crippen LogP contribution in [0.3, 0.4) is 0 Å². The Kier molecular flexibility index (Phi) is 5.64. The predicted molar refractivity (Wildman–Crippen MR) is 90.0 cm³/mol. The highest BCUT2D eigenvalue weighted by Crippen LogP contribution is 2.19. The molecule has 1 atom stereocenters. The van der Waals surface area contributed by atoms with Gasteiger partial charge in [-0.2, -0.15) is 0 Å². The Morgan fingerprint density at radius 1 is 1.04 bits per heavy atom. The van der Waals surface area contributed by atoms with Gasteiger partial charge in [-0.1, -0.05) is 6.92 Å². The molecule has 0 amide bonds. The first-order chi connectivity index (χ1) is 11.3. The van der Waals surface area contributed by atoms with Gasteiger partial charge >= 0.3 is 0 Å². The van der Waals surface area contributed by atoms with Gasteiger partial charge in [-0.25, -0.2) is 9.97 Å². The summed E-state index contributed by atoms with van der Waals surface area (Å²) in [6, 6.07) is 2.09. The van der Waals surface area contributed by atoms with Crippen LogP contribution in [0.1, 0.15) is 13.3 Å². The van der Waals surface area contributed by atoms with E-state index in [1.165, 1.54) is 0 Å². The van der Waals surface area contributed by atoms with Crippen molar-refractivity contribution in [2.45, 2.75) is 19.4 Å². The molecule has 1 aromatic heterocycles. The van der Waals surface area contributed by atoms with Gasteiger partial charge in [0.25, 0.3) is 0 Å². The third-order valence-corrected chi connectivity index (χ3v) is 4.61. The second kappa shape index (κ2) is 7.90. The monoisotopic (exact) mass is 321 g/mol. The number of nitrogens with zero attached hydrogens (tertiary/aromatic N) is 5. The molecule has 23 heavy (non-hydrogen) atoms. The van der Waals surface area contributed by atoms with Crippen molar-refractivity contribution in [3.63, 3.8) is 0 Å². The van der Waals surface area contributed by atoms with Gasteiger partial charge in [0.05, 0.1) is 19.3 Å². The number of aliphatic hydroxyl groups excluding tert-OH is 1. The van der Waals surface area contributed by atoms with Gasteiger partial charge in [-0.15, -0.1) is 0 Å². The minimum absolute atomic E-state index is 0.214. The predicted octanol–water partition coefficient (Wildman–Crippen LogP) is 0.206. The topological polar surface area (TPSA) is 65.0 Å². The van der Waals surface area contributed by atoms with Gasteiger partial charge in [-0.3, -0.25) is 4.90 Å². The molecule has 3 heterocycles. The van der Waals surface area contributed by atoms with E-state index in [0.29, 0.717) is 0 Å². The number of hydrogen-bond acceptors (Lipinski definition) is 7. The highest BCUT2D eigenvalue weighted by atomic mass is 16.5. The Bertz CT molecular complexity index is 487. The first-order valence-electron chi connectivity index (χ1n) is 8.56. The van der Waals surface area contributed by atoms with Crippen LogP contribution in [-0.4, -0.2) is 85.1 Å². The lowest BCUT2D eigenvalue weighted by molar-refractivity contribution is 0.106. The molecule has 2 fully saturated rings. The first kappa shape index (κ1) is 16.4. The molecule has 2 saturated heterocycles. The lowest BCUT2D eigenvalue weighted by Gasteiger charge is -2.36. The Balaban J connectivity index is 1.58. The van der Waals surface area contributed by atoms with Crippen LogP contribution in [0, 0.1) is 0 Å². The van der Waals surface area contributed by atoms with E-state index in [0.717, 1.165) is 77.1 Å². The summed E-state index contributed by atoms with van der Waals surface area (Å²) in [6.07, 6.45) is 2.26. The van der Waals surface area contributed by atoms with E-state index in [1.807, 2.05) is 6.92 Å². The van der Waals surface area contributed by atoms with Gasteiger partial charge in [0.1, 0.15) is 18.0 Å².